The summed E-state index contributed by atoms with van der Waals surface area (Å²) in [5.41, 5.74) is 4.09. The fraction of sp³-hybridized carbons (Fsp3) is 0.222. The standard InChI is InChI=1S/C27H27N3O6/c1-4-35-23-16-18(28-17(2)31)14-15-21(23)26(32)29-30-24(20-12-8-9-13-22(20)34-3)25(27(30)33)36-19-10-6-5-7-11-19/h5-16,24-25H,4H2,1-3H3,(H,28,31)(H,29,32)/t24-,25-/m0/s1. The summed E-state index contributed by atoms with van der Waals surface area (Å²) in [7, 11) is 1.54. The van der Waals surface area contributed by atoms with Gasteiger partial charge in [-0.25, -0.2) is 5.01 Å². The number of carbonyl (C=O) groups is 3. The maximum atomic E-state index is 13.3. The molecular formula is C27H27N3O6. The Bertz CT molecular complexity index is 1260. The van der Waals surface area contributed by atoms with E-state index in [4.69, 9.17) is 14.2 Å². The number of benzene rings is 3. The van der Waals surface area contributed by atoms with Crippen molar-refractivity contribution in [2.75, 3.05) is 19.0 Å². The normalized spacial score (nSPS) is 16.5. The molecule has 2 N–H and O–H groups in total. The van der Waals surface area contributed by atoms with Crippen LogP contribution in [0.25, 0.3) is 0 Å². The summed E-state index contributed by atoms with van der Waals surface area (Å²) < 4.78 is 17.1. The highest BCUT2D eigenvalue weighted by atomic mass is 16.5. The molecule has 3 aromatic carbocycles. The quantitative estimate of drug-likeness (QED) is 0.444. The first-order valence-corrected chi connectivity index (χ1v) is 11.5. The van der Waals surface area contributed by atoms with Crippen LogP contribution in [0.15, 0.2) is 72.8 Å². The monoisotopic (exact) mass is 489 g/mol. The highest BCUT2D eigenvalue weighted by Crippen LogP contribution is 2.40. The fourth-order valence-corrected chi connectivity index (χ4v) is 4.00. The van der Waals surface area contributed by atoms with Gasteiger partial charge in [-0.3, -0.25) is 19.8 Å². The van der Waals surface area contributed by atoms with Crippen molar-refractivity contribution in [1.29, 1.82) is 0 Å². The number of methoxy groups -OCH3 is 1. The van der Waals surface area contributed by atoms with Crippen molar-refractivity contribution >= 4 is 23.4 Å². The number of rotatable bonds is 9. The Balaban J connectivity index is 1.62. The molecule has 1 aliphatic rings. The first-order chi connectivity index (χ1) is 17.4. The Morgan fingerprint density at radius 1 is 0.972 bits per heavy atom. The van der Waals surface area contributed by atoms with Crippen LogP contribution in [0.4, 0.5) is 5.69 Å². The fourth-order valence-electron chi connectivity index (χ4n) is 4.00. The van der Waals surface area contributed by atoms with Crippen LogP contribution in [0.1, 0.15) is 35.8 Å². The molecule has 0 radical (unpaired) electrons. The number of amides is 3. The van der Waals surface area contributed by atoms with Crippen LogP contribution in [-0.2, 0) is 9.59 Å². The summed E-state index contributed by atoms with van der Waals surface area (Å²) in [6.45, 7) is 3.49. The highest BCUT2D eigenvalue weighted by molar-refractivity contribution is 6.00. The van der Waals surface area contributed by atoms with Gasteiger partial charge in [0, 0.05) is 24.2 Å². The SMILES string of the molecule is CCOc1cc(NC(C)=O)ccc1C(=O)NN1C(=O)[C@@H](Oc2ccccc2)[C@@H]1c1ccccc1OC. The van der Waals surface area contributed by atoms with Gasteiger partial charge in [0.25, 0.3) is 11.8 Å². The smallest absolute Gasteiger partial charge is 0.285 e. The molecule has 0 unspecified atom stereocenters. The third-order valence-electron chi connectivity index (χ3n) is 5.58. The average Bonchev–Trinajstić information content (AvgIpc) is 2.88. The number of para-hydroxylation sites is 2. The Morgan fingerprint density at radius 2 is 1.69 bits per heavy atom. The van der Waals surface area contributed by atoms with E-state index in [0.717, 1.165) is 0 Å². The molecule has 4 rings (SSSR count). The zero-order valence-electron chi connectivity index (χ0n) is 20.2. The van der Waals surface area contributed by atoms with Crippen LogP contribution in [-0.4, -0.2) is 42.6 Å². The Labute approximate surface area is 208 Å². The number of nitrogens with zero attached hydrogens (tertiary/aromatic N) is 1. The van der Waals surface area contributed by atoms with Gasteiger partial charge in [-0.2, -0.15) is 0 Å². The minimum absolute atomic E-state index is 0.213. The molecule has 1 heterocycles. The van der Waals surface area contributed by atoms with Crippen molar-refractivity contribution in [3.63, 3.8) is 0 Å². The molecule has 3 amide bonds. The van der Waals surface area contributed by atoms with Crippen LogP contribution >= 0.6 is 0 Å². The van der Waals surface area contributed by atoms with Gasteiger partial charge in [0.05, 0.1) is 19.3 Å². The van der Waals surface area contributed by atoms with E-state index in [1.165, 1.54) is 18.0 Å². The third kappa shape index (κ3) is 5.10. The minimum Gasteiger partial charge on any atom is -0.496 e. The number of anilines is 1. The third-order valence-corrected chi connectivity index (χ3v) is 5.58. The highest BCUT2D eigenvalue weighted by Gasteiger charge is 2.52. The first kappa shape index (κ1) is 24.6. The molecule has 0 bridgehead atoms. The van der Waals surface area contributed by atoms with E-state index >= 15 is 0 Å². The molecule has 1 aliphatic heterocycles. The molecule has 1 saturated heterocycles. The molecule has 0 saturated carbocycles. The van der Waals surface area contributed by atoms with Crippen molar-refractivity contribution in [3.8, 4) is 17.2 Å². The lowest BCUT2D eigenvalue weighted by atomic mass is 9.91. The second-order valence-corrected chi connectivity index (χ2v) is 8.01. The Kier molecular flexibility index (Phi) is 7.39. The maximum Gasteiger partial charge on any atom is 0.285 e. The lowest BCUT2D eigenvalue weighted by molar-refractivity contribution is -0.169. The molecule has 2 atom stereocenters. The van der Waals surface area contributed by atoms with Crippen molar-refractivity contribution in [2.45, 2.75) is 26.0 Å². The summed E-state index contributed by atoms with van der Waals surface area (Å²) >= 11 is 0. The van der Waals surface area contributed by atoms with Crippen LogP contribution in [0.3, 0.4) is 0 Å². The van der Waals surface area contributed by atoms with E-state index in [1.807, 2.05) is 36.4 Å². The molecule has 36 heavy (non-hydrogen) atoms. The van der Waals surface area contributed by atoms with E-state index in [9.17, 15) is 14.4 Å². The van der Waals surface area contributed by atoms with Crippen LogP contribution in [0, 0.1) is 0 Å². The first-order valence-electron chi connectivity index (χ1n) is 11.5. The molecule has 0 aromatic heterocycles. The molecule has 186 valence electrons. The van der Waals surface area contributed by atoms with Crippen molar-refractivity contribution < 1.29 is 28.6 Å². The predicted molar refractivity (Wildman–Crippen MR) is 133 cm³/mol. The molecule has 3 aromatic rings. The topological polar surface area (TPSA) is 106 Å². The molecule has 0 spiro atoms. The number of hydrogen-bond acceptors (Lipinski definition) is 6. The van der Waals surface area contributed by atoms with Gasteiger partial charge in [0.2, 0.25) is 12.0 Å². The van der Waals surface area contributed by atoms with Crippen molar-refractivity contribution in [3.05, 3.63) is 83.9 Å². The average molecular weight is 490 g/mol. The van der Waals surface area contributed by atoms with Crippen LogP contribution in [0.2, 0.25) is 0 Å². The van der Waals surface area contributed by atoms with Crippen molar-refractivity contribution in [2.24, 2.45) is 0 Å². The van der Waals surface area contributed by atoms with Gasteiger partial charge in [-0.15, -0.1) is 0 Å². The number of hydrogen-bond donors (Lipinski definition) is 2. The number of ether oxygens (including phenoxy) is 3. The van der Waals surface area contributed by atoms with E-state index in [0.29, 0.717) is 29.4 Å². The molecule has 0 aliphatic carbocycles. The lowest BCUT2D eigenvalue weighted by Crippen LogP contribution is -2.67. The molecule has 1 fully saturated rings. The van der Waals surface area contributed by atoms with Gasteiger partial charge >= 0.3 is 0 Å². The summed E-state index contributed by atoms with van der Waals surface area (Å²) in [5, 5.41) is 3.91. The molecule has 9 nitrogen and oxygen atoms in total. The number of carbonyl (C=O) groups excluding carboxylic acids is 3. The number of nitrogens with one attached hydrogen (secondary N) is 2. The summed E-state index contributed by atoms with van der Waals surface area (Å²) in [5.74, 6) is 0.180. The van der Waals surface area contributed by atoms with Gasteiger partial charge in [-0.1, -0.05) is 36.4 Å². The minimum atomic E-state index is -0.863. The largest absolute Gasteiger partial charge is 0.496 e. The summed E-state index contributed by atoms with van der Waals surface area (Å²) in [6.07, 6.45) is -0.863. The van der Waals surface area contributed by atoms with Crippen molar-refractivity contribution in [1.82, 2.24) is 10.4 Å². The van der Waals surface area contributed by atoms with Gasteiger partial charge in [-0.05, 0) is 37.3 Å². The van der Waals surface area contributed by atoms with E-state index in [1.54, 1.807) is 44.4 Å². The second-order valence-electron chi connectivity index (χ2n) is 8.01. The van der Waals surface area contributed by atoms with E-state index < -0.39 is 24.0 Å². The van der Waals surface area contributed by atoms with E-state index in [-0.39, 0.29) is 17.2 Å². The zero-order valence-corrected chi connectivity index (χ0v) is 20.2. The maximum absolute atomic E-state index is 13.3. The zero-order chi connectivity index (χ0) is 25.7. The van der Waals surface area contributed by atoms with Gasteiger partial charge in [0.15, 0.2) is 0 Å². The lowest BCUT2D eigenvalue weighted by Gasteiger charge is -2.46. The van der Waals surface area contributed by atoms with Crippen LogP contribution < -0.4 is 25.0 Å². The number of hydrazine groups is 1. The van der Waals surface area contributed by atoms with Gasteiger partial charge in [0.1, 0.15) is 23.3 Å². The Morgan fingerprint density at radius 3 is 2.39 bits per heavy atom. The predicted octanol–water partition coefficient (Wildman–Crippen LogP) is 3.73. The van der Waals surface area contributed by atoms with E-state index in [2.05, 4.69) is 10.7 Å². The van der Waals surface area contributed by atoms with Crippen LogP contribution in [0.5, 0.6) is 17.2 Å². The summed E-state index contributed by atoms with van der Waals surface area (Å²) in [4.78, 5) is 37.9. The number of β-lactam (4-membered cyclic amide) rings is 1. The Hall–Kier alpha value is -4.53. The summed E-state index contributed by atoms with van der Waals surface area (Å²) in [6, 6.07) is 20.3. The second kappa shape index (κ2) is 10.8. The van der Waals surface area contributed by atoms with Gasteiger partial charge < -0.3 is 19.5 Å². The molecule has 9 heteroatoms. The molecular weight excluding hydrogens is 462 g/mol.